The molecule has 2 aromatic carbocycles. The highest BCUT2D eigenvalue weighted by Crippen LogP contribution is 2.26. The number of nitro groups is 1. The maximum atomic E-state index is 12.6. The summed E-state index contributed by atoms with van der Waals surface area (Å²) in [5.74, 6) is 0.281. The molecule has 128 valence electrons. The molecule has 7 nitrogen and oxygen atoms in total. The largest absolute Gasteiger partial charge is 0.484 e. The van der Waals surface area contributed by atoms with Crippen LogP contribution in [0.25, 0.3) is 0 Å². The van der Waals surface area contributed by atoms with Crippen molar-refractivity contribution in [2.75, 3.05) is 24.6 Å². The van der Waals surface area contributed by atoms with Crippen molar-refractivity contribution in [1.29, 1.82) is 0 Å². The van der Waals surface area contributed by atoms with E-state index >= 15 is 0 Å². The number of anilines is 1. The number of halogens is 1. The highest BCUT2D eigenvalue weighted by Gasteiger charge is 2.22. The second-order valence-electron chi connectivity index (χ2n) is 5.32. The summed E-state index contributed by atoms with van der Waals surface area (Å²) in [5, 5.41) is 11.5. The Bertz CT molecular complexity index is 836. The van der Waals surface area contributed by atoms with Gasteiger partial charge in [-0.3, -0.25) is 19.9 Å². The first-order chi connectivity index (χ1) is 12.0. The number of non-ortho nitro benzene ring substituents is 1. The third-order valence-corrected chi connectivity index (χ3v) is 3.92. The van der Waals surface area contributed by atoms with Crippen LogP contribution < -0.4 is 9.64 Å². The number of benzodiazepines with no additional fused rings is 1. The summed E-state index contributed by atoms with van der Waals surface area (Å²) in [7, 11) is 0. The number of carbonyl (C=O) groups excluding carboxylic acids is 1. The molecule has 1 aliphatic heterocycles. The molecule has 8 heteroatoms. The Morgan fingerprint density at radius 2 is 2.04 bits per heavy atom. The van der Waals surface area contributed by atoms with E-state index in [2.05, 4.69) is 4.99 Å². The Labute approximate surface area is 148 Å². The number of hydrogen-bond acceptors (Lipinski definition) is 5. The molecule has 0 aromatic heterocycles. The van der Waals surface area contributed by atoms with Gasteiger partial charge in [-0.05, 0) is 30.3 Å². The average Bonchev–Trinajstić information content (AvgIpc) is 2.82. The predicted octanol–water partition coefficient (Wildman–Crippen LogP) is 3.09. The van der Waals surface area contributed by atoms with Gasteiger partial charge in [-0.15, -0.1) is 0 Å². The van der Waals surface area contributed by atoms with Gasteiger partial charge in [-0.2, -0.15) is 0 Å². The molecule has 0 unspecified atom stereocenters. The molecule has 0 atom stereocenters. The molecule has 0 bridgehead atoms. The van der Waals surface area contributed by atoms with Crippen molar-refractivity contribution in [1.82, 2.24) is 0 Å². The number of aliphatic imine (C=N–C) groups is 1. The highest BCUT2D eigenvalue weighted by molar-refractivity contribution is 6.30. The van der Waals surface area contributed by atoms with E-state index in [-0.39, 0.29) is 18.2 Å². The maximum absolute atomic E-state index is 12.6. The van der Waals surface area contributed by atoms with Gasteiger partial charge in [0.1, 0.15) is 5.75 Å². The van der Waals surface area contributed by atoms with E-state index < -0.39 is 4.92 Å². The van der Waals surface area contributed by atoms with Crippen LogP contribution in [0.15, 0.2) is 47.5 Å². The summed E-state index contributed by atoms with van der Waals surface area (Å²) >= 11 is 5.81. The van der Waals surface area contributed by atoms with Gasteiger partial charge >= 0.3 is 0 Å². The number of nitrogens with zero attached hydrogens (tertiary/aromatic N) is 3. The number of rotatable bonds is 4. The molecule has 0 fully saturated rings. The van der Waals surface area contributed by atoms with E-state index in [4.69, 9.17) is 16.3 Å². The molecule has 0 N–H and O–H groups in total. The van der Waals surface area contributed by atoms with Crippen molar-refractivity contribution in [2.24, 2.45) is 4.99 Å². The fourth-order valence-corrected chi connectivity index (χ4v) is 2.58. The number of benzene rings is 2. The normalized spacial score (nSPS) is 13.1. The summed E-state index contributed by atoms with van der Waals surface area (Å²) in [5.41, 5.74) is 1.07. The van der Waals surface area contributed by atoms with E-state index in [9.17, 15) is 14.9 Å². The molecule has 1 aliphatic rings. The molecule has 2 aromatic rings. The van der Waals surface area contributed by atoms with Gasteiger partial charge in [0.2, 0.25) is 0 Å². The second-order valence-corrected chi connectivity index (χ2v) is 5.76. The van der Waals surface area contributed by atoms with Gasteiger partial charge in [-0.1, -0.05) is 11.6 Å². The lowest BCUT2D eigenvalue weighted by atomic mass is 10.1. The number of fused-ring (bicyclic) bond motifs is 1. The fourth-order valence-electron chi connectivity index (χ4n) is 2.46. The zero-order chi connectivity index (χ0) is 17.8. The van der Waals surface area contributed by atoms with Gasteiger partial charge < -0.3 is 9.64 Å². The minimum absolute atomic E-state index is 0.0445. The Kier molecular flexibility index (Phi) is 4.95. The summed E-state index contributed by atoms with van der Waals surface area (Å²) in [6, 6.07) is 11.1. The number of amides is 1. The molecule has 0 saturated heterocycles. The Balaban J connectivity index is 1.77. The zero-order valence-electron chi connectivity index (χ0n) is 13.1. The highest BCUT2D eigenvalue weighted by atomic mass is 35.5. The summed E-state index contributed by atoms with van der Waals surface area (Å²) < 4.78 is 5.49. The smallest absolute Gasteiger partial charge is 0.270 e. The quantitative estimate of drug-likeness (QED) is 0.620. The molecular weight excluding hydrogens is 346 g/mol. The summed E-state index contributed by atoms with van der Waals surface area (Å²) in [6.45, 7) is 0.636. The molecule has 1 amide bonds. The van der Waals surface area contributed by atoms with Crippen LogP contribution in [0.3, 0.4) is 0 Å². The first kappa shape index (κ1) is 16.9. The van der Waals surface area contributed by atoms with E-state index in [0.717, 1.165) is 0 Å². The molecular formula is C17H14ClN3O4. The van der Waals surface area contributed by atoms with Gasteiger partial charge in [0, 0.05) is 35.5 Å². The average molecular weight is 360 g/mol. The van der Waals surface area contributed by atoms with Crippen LogP contribution in [0.4, 0.5) is 11.4 Å². The first-order valence-corrected chi connectivity index (χ1v) is 7.89. The topological polar surface area (TPSA) is 85.0 Å². The van der Waals surface area contributed by atoms with Crippen LogP contribution in [0, 0.1) is 10.1 Å². The lowest BCUT2D eigenvalue weighted by Gasteiger charge is -2.22. The maximum Gasteiger partial charge on any atom is 0.270 e. The number of carbonyl (C=O) groups is 1. The van der Waals surface area contributed by atoms with Crippen LogP contribution in [0.1, 0.15) is 5.56 Å². The lowest BCUT2D eigenvalue weighted by Crippen LogP contribution is -2.36. The van der Waals surface area contributed by atoms with E-state index in [1.165, 1.54) is 17.0 Å². The SMILES string of the molecule is O=C(COc1ccc(Cl)cc1)N1CCN=Cc2cc([N+](=O)[O-])ccc21. The Morgan fingerprint density at radius 1 is 1.28 bits per heavy atom. The van der Waals surface area contributed by atoms with Gasteiger partial charge in [-0.25, -0.2) is 0 Å². The number of hydrogen-bond donors (Lipinski definition) is 0. The molecule has 0 aliphatic carbocycles. The monoisotopic (exact) mass is 359 g/mol. The van der Waals surface area contributed by atoms with E-state index in [0.29, 0.717) is 35.1 Å². The first-order valence-electron chi connectivity index (χ1n) is 7.51. The Morgan fingerprint density at radius 3 is 2.76 bits per heavy atom. The van der Waals surface area contributed by atoms with Gasteiger partial charge in [0.05, 0.1) is 17.2 Å². The summed E-state index contributed by atoms with van der Waals surface area (Å²) in [6.07, 6.45) is 1.55. The molecule has 25 heavy (non-hydrogen) atoms. The lowest BCUT2D eigenvalue weighted by molar-refractivity contribution is -0.384. The van der Waals surface area contributed by atoms with Gasteiger partial charge in [0.25, 0.3) is 11.6 Å². The standard InChI is InChI=1S/C17H14ClN3O4/c18-13-1-4-15(5-2-13)25-11-17(22)20-8-7-19-10-12-9-14(21(23)24)3-6-16(12)20/h1-6,9-10H,7-8,11H2. The van der Waals surface area contributed by atoms with Crippen LogP contribution >= 0.6 is 11.6 Å². The zero-order valence-corrected chi connectivity index (χ0v) is 13.8. The minimum atomic E-state index is -0.477. The van der Waals surface area contributed by atoms with Crippen LogP contribution in [-0.4, -0.2) is 36.7 Å². The van der Waals surface area contributed by atoms with Crippen LogP contribution in [0.5, 0.6) is 5.75 Å². The third kappa shape index (κ3) is 3.95. The van der Waals surface area contributed by atoms with Crippen molar-refractivity contribution >= 4 is 35.1 Å². The van der Waals surface area contributed by atoms with Crippen molar-refractivity contribution < 1.29 is 14.5 Å². The minimum Gasteiger partial charge on any atom is -0.484 e. The van der Waals surface area contributed by atoms with Crippen molar-refractivity contribution in [3.63, 3.8) is 0 Å². The number of ether oxygens (including phenoxy) is 1. The number of nitro benzene ring substituents is 1. The van der Waals surface area contributed by atoms with Gasteiger partial charge in [0.15, 0.2) is 6.61 Å². The fraction of sp³-hybridized carbons (Fsp3) is 0.176. The van der Waals surface area contributed by atoms with Crippen LogP contribution in [0.2, 0.25) is 5.02 Å². The predicted molar refractivity (Wildman–Crippen MR) is 94.9 cm³/mol. The molecule has 0 radical (unpaired) electrons. The third-order valence-electron chi connectivity index (χ3n) is 3.67. The molecule has 0 spiro atoms. The molecule has 1 heterocycles. The molecule has 3 rings (SSSR count). The van der Waals surface area contributed by atoms with Crippen molar-refractivity contribution in [3.05, 3.63) is 63.2 Å². The summed E-state index contributed by atoms with van der Waals surface area (Å²) in [4.78, 5) is 28.7. The Hall–Kier alpha value is -2.93. The second kappa shape index (κ2) is 7.31. The van der Waals surface area contributed by atoms with Crippen molar-refractivity contribution in [2.45, 2.75) is 0 Å². The molecule has 0 saturated carbocycles. The van der Waals surface area contributed by atoms with Crippen LogP contribution in [-0.2, 0) is 4.79 Å². The van der Waals surface area contributed by atoms with Crippen molar-refractivity contribution in [3.8, 4) is 5.75 Å². The van der Waals surface area contributed by atoms with E-state index in [1.54, 1.807) is 36.5 Å². The van der Waals surface area contributed by atoms with E-state index in [1.807, 2.05) is 0 Å².